The minimum absolute atomic E-state index is 0.0161. The van der Waals surface area contributed by atoms with Crippen LogP contribution in [0.15, 0.2) is 42.5 Å². The van der Waals surface area contributed by atoms with Gasteiger partial charge < -0.3 is 19.1 Å². The number of esters is 1. The second-order valence-corrected chi connectivity index (χ2v) is 6.53. The van der Waals surface area contributed by atoms with E-state index >= 15 is 0 Å². The second kappa shape index (κ2) is 8.12. The molecule has 1 aliphatic heterocycles. The topological polar surface area (TPSA) is 65.1 Å². The number of methoxy groups -OCH3 is 1. The van der Waals surface area contributed by atoms with E-state index < -0.39 is 5.97 Å². The van der Waals surface area contributed by atoms with Gasteiger partial charge in [0, 0.05) is 12.2 Å². The van der Waals surface area contributed by atoms with E-state index in [-0.39, 0.29) is 18.6 Å². The summed E-state index contributed by atoms with van der Waals surface area (Å²) in [6, 6.07) is 12.6. The monoisotopic (exact) mass is 369 g/mol. The second-order valence-electron chi connectivity index (χ2n) is 6.53. The smallest absolute Gasteiger partial charge is 0.338 e. The number of carbonyl (C=O) groups is 2. The summed E-state index contributed by atoms with van der Waals surface area (Å²) in [4.78, 5) is 26.4. The van der Waals surface area contributed by atoms with E-state index in [2.05, 4.69) is 0 Å². The van der Waals surface area contributed by atoms with Gasteiger partial charge in [-0.3, -0.25) is 4.79 Å². The van der Waals surface area contributed by atoms with Gasteiger partial charge in [-0.1, -0.05) is 18.2 Å². The predicted molar refractivity (Wildman–Crippen MR) is 102 cm³/mol. The molecule has 0 radical (unpaired) electrons. The highest BCUT2D eigenvalue weighted by Crippen LogP contribution is 2.30. The average molecular weight is 369 g/mol. The van der Waals surface area contributed by atoms with Gasteiger partial charge in [0.05, 0.1) is 18.8 Å². The first-order valence-electron chi connectivity index (χ1n) is 8.89. The maximum Gasteiger partial charge on any atom is 0.338 e. The zero-order valence-electron chi connectivity index (χ0n) is 15.7. The molecule has 6 nitrogen and oxygen atoms in total. The van der Waals surface area contributed by atoms with Gasteiger partial charge in [0.25, 0.3) is 5.91 Å². The van der Waals surface area contributed by atoms with Crippen molar-refractivity contribution in [2.75, 3.05) is 25.2 Å². The zero-order chi connectivity index (χ0) is 19.4. The zero-order valence-corrected chi connectivity index (χ0v) is 15.7. The molecule has 6 heteroatoms. The summed E-state index contributed by atoms with van der Waals surface area (Å²) in [6.07, 6.45) is 0.794. The number of hydrogen-bond acceptors (Lipinski definition) is 5. The van der Waals surface area contributed by atoms with Gasteiger partial charge in [-0.05, 0) is 50.1 Å². The van der Waals surface area contributed by atoms with E-state index in [1.807, 2.05) is 38.1 Å². The molecule has 1 amide bonds. The van der Waals surface area contributed by atoms with Gasteiger partial charge in [0.2, 0.25) is 0 Å². The Morgan fingerprint density at radius 1 is 1.11 bits per heavy atom. The van der Waals surface area contributed by atoms with Crippen LogP contribution in [-0.2, 0) is 16.0 Å². The number of ether oxygens (including phenoxy) is 3. The molecule has 0 spiro atoms. The maximum absolute atomic E-state index is 12.4. The molecule has 0 saturated carbocycles. The molecule has 0 saturated heterocycles. The van der Waals surface area contributed by atoms with Crippen LogP contribution in [0.4, 0.5) is 5.69 Å². The number of anilines is 1. The van der Waals surface area contributed by atoms with E-state index in [1.54, 1.807) is 23.1 Å². The molecular formula is C21H23NO5. The van der Waals surface area contributed by atoms with Crippen LogP contribution >= 0.6 is 0 Å². The molecule has 0 bridgehead atoms. The third kappa shape index (κ3) is 4.22. The van der Waals surface area contributed by atoms with Crippen molar-refractivity contribution in [1.82, 2.24) is 0 Å². The molecular weight excluding hydrogens is 346 g/mol. The molecule has 0 fully saturated rings. The van der Waals surface area contributed by atoms with Crippen LogP contribution in [0.1, 0.15) is 29.8 Å². The van der Waals surface area contributed by atoms with Gasteiger partial charge in [-0.2, -0.15) is 0 Å². The summed E-state index contributed by atoms with van der Waals surface area (Å²) in [5.41, 5.74) is 2.32. The molecule has 1 heterocycles. The quantitative estimate of drug-likeness (QED) is 0.732. The Morgan fingerprint density at radius 2 is 1.89 bits per heavy atom. The van der Waals surface area contributed by atoms with Crippen molar-refractivity contribution >= 4 is 17.6 Å². The maximum atomic E-state index is 12.4. The van der Waals surface area contributed by atoms with E-state index in [9.17, 15) is 9.59 Å². The molecule has 2 aromatic rings. The predicted octanol–water partition coefficient (Wildman–Crippen LogP) is 3.23. The summed E-state index contributed by atoms with van der Waals surface area (Å²) in [5.74, 6) is 0.178. The van der Waals surface area contributed by atoms with Crippen LogP contribution in [0.2, 0.25) is 0 Å². The average Bonchev–Trinajstić information content (AvgIpc) is 3.10. The van der Waals surface area contributed by atoms with Crippen molar-refractivity contribution in [3.8, 4) is 11.5 Å². The summed E-state index contributed by atoms with van der Waals surface area (Å²) >= 11 is 0. The summed E-state index contributed by atoms with van der Waals surface area (Å²) < 4.78 is 16.1. The van der Waals surface area contributed by atoms with Gasteiger partial charge in [-0.15, -0.1) is 0 Å². The first-order valence-corrected chi connectivity index (χ1v) is 8.89. The van der Waals surface area contributed by atoms with Crippen molar-refractivity contribution in [3.63, 3.8) is 0 Å². The Kier molecular flexibility index (Phi) is 5.64. The van der Waals surface area contributed by atoms with E-state index in [4.69, 9.17) is 14.2 Å². The fourth-order valence-corrected chi connectivity index (χ4v) is 3.03. The summed E-state index contributed by atoms with van der Waals surface area (Å²) in [5, 5.41) is 0. The summed E-state index contributed by atoms with van der Waals surface area (Å²) in [6.45, 7) is 4.11. The Hall–Kier alpha value is -3.02. The lowest BCUT2D eigenvalue weighted by Gasteiger charge is -2.17. The first-order chi connectivity index (χ1) is 13.0. The molecule has 3 rings (SSSR count). The Bertz CT molecular complexity index is 846. The Morgan fingerprint density at radius 3 is 2.63 bits per heavy atom. The van der Waals surface area contributed by atoms with Crippen LogP contribution in [0.5, 0.6) is 11.5 Å². The SMILES string of the molecule is COc1cc(C(=O)OCC(=O)N2CCc3ccccc32)ccc1OC(C)C. The molecule has 0 N–H and O–H groups in total. The van der Waals surface area contributed by atoms with E-state index in [0.717, 1.165) is 17.7 Å². The number of nitrogens with zero attached hydrogens (tertiary/aromatic N) is 1. The molecule has 0 aliphatic carbocycles. The molecule has 0 aromatic heterocycles. The highest BCUT2D eigenvalue weighted by molar-refractivity contribution is 5.98. The molecule has 27 heavy (non-hydrogen) atoms. The van der Waals surface area contributed by atoms with Crippen molar-refractivity contribution in [2.24, 2.45) is 0 Å². The van der Waals surface area contributed by atoms with Gasteiger partial charge in [0.15, 0.2) is 18.1 Å². The van der Waals surface area contributed by atoms with E-state index in [0.29, 0.717) is 23.6 Å². The Balaban J connectivity index is 1.63. The normalized spacial score (nSPS) is 12.7. The third-order valence-electron chi connectivity index (χ3n) is 4.28. The lowest BCUT2D eigenvalue weighted by molar-refractivity contribution is -0.121. The highest BCUT2D eigenvalue weighted by Gasteiger charge is 2.25. The van der Waals surface area contributed by atoms with Crippen LogP contribution in [0, 0.1) is 0 Å². The number of carbonyl (C=O) groups excluding carboxylic acids is 2. The van der Waals surface area contributed by atoms with Gasteiger partial charge in [0.1, 0.15) is 0 Å². The molecule has 142 valence electrons. The molecule has 0 unspecified atom stereocenters. The fourth-order valence-electron chi connectivity index (χ4n) is 3.03. The van der Waals surface area contributed by atoms with Crippen molar-refractivity contribution in [1.29, 1.82) is 0 Å². The number of para-hydroxylation sites is 1. The molecule has 2 aromatic carbocycles. The van der Waals surface area contributed by atoms with Crippen molar-refractivity contribution < 1.29 is 23.8 Å². The third-order valence-corrected chi connectivity index (χ3v) is 4.28. The number of fused-ring (bicyclic) bond motifs is 1. The number of rotatable bonds is 6. The lowest BCUT2D eigenvalue weighted by atomic mass is 10.2. The van der Waals surface area contributed by atoms with Crippen molar-refractivity contribution in [2.45, 2.75) is 26.4 Å². The minimum Gasteiger partial charge on any atom is -0.493 e. The minimum atomic E-state index is -0.578. The fraction of sp³-hybridized carbons (Fsp3) is 0.333. The lowest BCUT2D eigenvalue weighted by Crippen LogP contribution is -2.33. The standard InChI is InChI=1S/C21H23NO5/c1-14(2)27-18-9-8-16(12-19(18)25-3)21(24)26-13-20(23)22-11-10-15-6-4-5-7-17(15)22/h4-9,12,14H,10-11,13H2,1-3H3. The summed E-state index contributed by atoms with van der Waals surface area (Å²) in [7, 11) is 1.51. The van der Waals surface area contributed by atoms with Gasteiger partial charge in [-0.25, -0.2) is 4.79 Å². The van der Waals surface area contributed by atoms with Crippen molar-refractivity contribution in [3.05, 3.63) is 53.6 Å². The number of amides is 1. The van der Waals surface area contributed by atoms with Crippen LogP contribution < -0.4 is 14.4 Å². The number of benzene rings is 2. The highest BCUT2D eigenvalue weighted by atomic mass is 16.5. The van der Waals surface area contributed by atoms with Crippen LogP contribution in [0.3, 0.4) is 0 Å². The first kappa shape index (κ1) is 18.8. The van der Waals surface area contributed by atoms with E-state index in [1.165, 1.54) is 7.11 Å². The molecule has 1 aliphatic rings. The largest absolute Gasteiger partial charge is 0.493 e. The van der Waals surface area contributed by atoms with Crippen LogP contribution in [-0.4, -0.2) is 38.2 Å². The van der Waals surface area contributed by atoms with Gasteiger partial charge >= 0.3 is 5.97 Å². The number of hydrogen-bond donors (Lipinski definition) is 0. The molecule has 0 atom stereocenters. The Labute approximate surface area is 158 Å². The van der Waals surface area contributed by atoms with Crippen LogP contribution in [0.25, 0.3) is 0 Å².